The third-order valence-electron chi connectivity index (χ3n) is 2.55. The van der Waals surface area contributed by atoms with E-state index in [2.05, 4.69) is 25.7 Å². The summed E-state index contributed by atoms with van der Waals surface area (Å²) >= 11 is 3.06. The molecule has 0 fully saturated rings. The maximum atomic E-state index is 12.2. The van der Waals surface area contributed by atoms with E-state index in [1.807, 2.05) is 0 Å². The highest BCUT2D eigenvalue weighted by molar-refractivity contribution is 9.10. The SMILES string of the molecule is C[C@H](N)c1cncn1-c1ccc(OC(F)(F)F)c(Br)c1. The number of rotatable bonds is 3. The van der Waals surface area contributed by atoms with Crippen LogP contribution < -0.4 is 10.5 Å². The second-order valence-electron chi connectivity index (χ2n) is 4.14. The molecule has 8 heteroatoms. The van der Waals surface area contributed by atoms with Gasteiger partial charge in [0.1, 0.15) is 5.75 Å². The molecule has 2 aromatic rings. The fraction of sp³-hybridized carbons (Fsp3) is 0.250. The summed E-state index contributed by atoms with van der Waals surface area (Å²) in [5.74, 6) is -0.302. The lowest BCUT2D eigenvalue weighted by atomic mass is 10.2. The number of ether oxygens (including phenoxy) is 1. The van der Waals surface area contributed by atoms with Crippen molar-refractivity contribution < 1.29 is 17.9 Å². The van der Waals surface area contributed by atoms with Gasteiger partial charge in [0.05, 0.1) is 22.7 Å². The van der Waals surface area contributed by atoms with Gasteiger partial charge in [0.15, 0.2) is 0 Å². The molecule has 1 aromatic carbocycles. The van der Waals surface area contributed by atoms with Gasteiger partial charge >= 0.3 is 6.36 Å². The van der Waals surface area contributed by atoms with Crippen molar-refractivity contribution in [3.8, 4) is 11.4 Å². The predicted octanol–water partition coefficient (Wildman–Crippen LogP) is 3.55. The molecule has 0 spiro atoms. The number of nitrogens with two attached hydrogens (primary N) is 1. The predicted molar refractivity (Wildman–Crippen MR) is 70.5 cm³/mol. The Bertz CT molecular complexity index is 610. The number of benzene rings is 1. The normalized spacial score (nSPS) is 13.3. The molecule has 0 aliphatic carbocycles. The Morgan fingerprint density at radius 1 is 1.40 bits per heavy atom. The molecule has 0 unspecified atom stereocenters. The molecule has 0 aliphatic heterocycles. The van der Waals surface area contributed by atoms with Crippen LogP contribution in [0, 0.1) is 0 Å². The maximum Gasteiger partial charge on any atom is 0.573 e. The van der Waals surface area contributed by atoms with Crippen molar-refractivity contribution in [2.45, 2.75) is 19.3 Å². The highest BCUT2D eigenvalue weighted by Crippen LogP contribution is 2.32. The number of hydrogen-bond donors (Lipinski definition) is 1. The van der Waals surface area contributed by atoms with E-state index in [4.69, 9.17) is 5.73 Å². The van der Waals surface area contributed by atoms with Crippen molar-refractivity contribution in [3.63, 3.8) is 0 Å². The zero-order valence-corrected chi connectivity index (χ0v) is 11.9. The lowest BCUT2D eigenvalue weighted by Crippen LogP contribution is -2.17. The first-order valence-electron chi connectivity index (χ1n) is 5.61. The van der Waals surface area contributed by atoms with Crippen molar-refractivity contribution in [3.05, 3.63) is 40.9 Å². The first-order chi connectivity index (χ1) is 9.28. The number of halogens is 4. The van der Waals surface area contributed by atoms with Crippen LogP contribution in [-0.2, 0) is 0 Å². The number of hydrogen-bond acceptors (Lipinski definition) is 3. The Hall–Kier alpha value is -1.54. The summed E-state index contributed by atoms with van der Waals surface area (Å²) in [5, 5.41) is 0. The van der Waals surface area contributed by atoms with Crippen molar-refractivity contribution in [1.29, 1.82) is 0 Å². The summed E-state index contributed by atoms with van der Waals surface area (Å²) in [6.45, 7) is 1.80. The minimum atomic E-state index is -4.73. The molecule has 0 saturated heterocycles. The first-order valence-corrected chi connectivity index (χ1v) is 6.41. The molecule has 0 radical (unpaired) electrons. The fourth-order valence-corrected chi connectivity index (χ4v) is 2.15. The van der Waals surface area contributed by atoms with Gasteiger partial charge in [-0.25, -0.2) is 4.98 Å². The Kier molecular flexibility index (Phi) is 4.05. The lowest BCUT2D eigenvalue weighted by Gasteiger charge is -2.14. The van der Waals surface area contributed by atoms with Crippen LogP contribution in [0.1, 0.15) is 18.7 Å². The van der Waals surface area contributed by atoms with Crippen LogP contribution in [0.15, 0.2) is 35.2 Å². The van der Waals surface area contributed by atoms with Crippen molar-refractivity contribution in [2.24, 2.45) is 5.73 Å². The largest absolute Gasteiger partial charge is 0.573 e. The van der Waals surface area contributed by atoms with E-state index in [0.717, 1.165) is 5.69 Å². The number of aromatic nitrogens is 2. The van der Waals surface area contributed by atoms with E-state index in [1.54, 1.807) is 24.0 Å². The Morgan fingerprint density at radius 3 is 2.65 bits per heavy atom. The molecule has 0 aliphatic rings. The van der Waals surface area contributed by atoms with Crippen molar-refractivity contribution in [1.82, 2.24) is 9.55 Å². The van der Waals surface area contributed by atoms with E-state index in [9.17, 15) is 13.2 Å². The van der Waals surface area contributed by atoms with E-state index in [0.29, 0.717) is 5.69 Å². The quantitative estimate of drug-likeness (QED) is 0.921. The zero-order valence-electron chi connectivity index (χ0n) is 10.4. The monoisotopic (exact) mass is 349 g/mol. The second kappa shape index (κ2) is 5.45. The van der Waals surface area contributed by atoms with Crippen LogP contribution >= 0.6 is 15.9 Å². The van der Waals surface area contributed by atoms with Crippen LogP contribution in [0.25, 0.3) is 5.69 Å². The van der Waals surface area contributed by atoms with Gasteiger partial charge in [0.25, 0.3) is 0 Å². The lowest BCUT2D eigenvalue weighted by molar-refractivity contribution is -0.274. The summed E-state index contributed by atoms with van der Waals surface area (Å²) in [5.41, 5.74) is 7.19. The molecule has 1 heterocycles. The molecule has 2 N–H and O–H groups in total. The Morgan fingerprint density at radius 2 is 2.10 bits per heavy atom. The first kappa shape index (κ1) is 14.9. The average molecular weight is 350 g/mol. The van der Waals surface area contributed by atoms with Gasteiger partial charge in [-0.1, -0.05) is 0 Å². The third-order valence-corrected chi connectivity index (χ3v) is 3.17. The smallest absolute Gasteiger partial charge is 0.405 e. The van der Waals surface area contributed by atoms with E-state index >= 15 is 0 Å². The molecule has 20 heavy (non-hydrogen) atoms. The van der Waals surface area contributed by atoms with Gasteiger partial charge in [-0.05, 0) is 41.1 Å². The highest BCUT2D eigenvalue weighted by Gasteiger charge is 2.32. The molecule has 0 bridgehead atoms. The summed E-state index contributed by atoms with van der Waals surface area (Å²) in [6.07, 6.45) is -1.57. The number of imidazole rings is 1. The Labute approximate surface area is 121 Å². The number of alkyl halides is 3. The van der Waals surface area contributed by atoms with E-state index in [1.165, 1.54) is 18.2 Å². The minimum Gasteiger partial charge on any atom is -0.405 e. The molecule has 1 aromatic heterocycles. The van der Waals surface area contributed by atoms with Gasteiger partial charge in [-0.15, -0.1) is 13.2 Å². The number of nitrogens with zero attached hydrogens (tertiary/aromatic N) is 2. The van der Waals surface area contributed by atoms with Gasteiger partial charge in [0, 0.05) is 11.7 Å². The molecule has 108 valence electrons. The summed E-state index contributed by atoms with van der Waals surface area (Å²) in [7, 11) is 0. The summed E-state index contributed by atoms with van der Waals surface area (Å²) in [6, 6.07) is 3.99. The van der Waals surface area contributed by atoms with Crippen LogP contribution in [-0.4, -0.2) is 15.9 Å². The summed E-state index contributed by atoms with van der Waals surface area (Å²) in [4.78, 5) is 3.99. The molecule has 0 amide bonds. The van der Waals surface area contributed by atoms with Crippen LogP contribution in [0.2, 0.25) is 0 Å². The third kappa shape index (κ3) is 3.31. The minimum absolute atomic E-state index is 0.191. The standard InChI is InChI=1S/C12H11BrF3N3O/c1-7(17)10-5-18-6-19(10)8-2-3-11(9(13)4-8)20-12(14,15)16/h2-7H,17H2,1H3/t7-/m0/s1. The van der Waals surface area contributed by atoms with Gasteiger partial charge < -0.3 is 15.0 Å². The zero-order chi connectivity index (χ0) is 14.9. The molecule has 2 rings (SSSR count). The molecular weight excluding hydrogens is 339 g/mol. The second-order valence-corrected chi connectivity index (χ2v) is 4.99. The van der Waals surface area contributed by atoms with Crippen LogP contribution in [0.5, 0.6) is 5.75 Å². The van der Waals surface area contributed by atoms with E-state index in [-0.39, 0.29) is 16.3 Å². The van der Waals surface area contributed by atoms with Gasteiger partial charge in [-0.3, -0.25) is 0 Å². The average Bonchev–Trinajstić information content (AvgIpc) is 2.79. The van der Waals surface area contributed by atoms with Crippen LogP contribution in [0.3, 0.4) is 0 Å². The molecular formula is C12H11BrF3N3O. The molecule has 4 nitrogen and oxygen atoms in total. The van der Waals surface area contributed by atoms with Gasteiger partial charge in [-0.2, -0.15) is 0 Å². The van der Waals surface area contributed by atoms with Gasteiger partial charge in [0.2, 0.25) is 0 Å². The highest BCUT2D eigenvalue weighted by atomic mass is 79.9. The molecule has 0 saturated carbocycles. The topological polar surface area (TPSA) is 53.1 Å². The van der Waals surface area contributed by atoms with E-state index < -0.39 is 6.36 Å². The fourth-order valence-electron chi connectivity index (χ4n) is 1.70. The maximum absolute atomic E-state index is 12.2. The van der Waals surface area contributed by atoms with Crippen molar-refractivity contribution in [2.75, 3.05) is 0 Å². The Balaban J connectivity index is 2.36. The molecule has 1 atom stereocenters. The summed E-state index contributed by atoms with van der Waals surface area (Å²) < 4.78 is 42.3. The van der Waals surface area contributed by atoms with Crippen molar-refractivity contribution >= 4 is 15.9 Å². The van der Waals surface area contributed by atoms with Crippen LogP contribution in [0.4, 0.5) is 13.2 Å².